The predicted octanol–water partition coefficient (Wildman–Crippen LogP) is -1.64. The van der Waals surface area contributed by atoms with Gasteiger partial charge in [-0.1, -0.05) is 13.8 Å². The van der Waals surface area contributed by atoms with E-state index in [1.165, 1.54) is 6.08 Å². The van der Waals surface area contributed by atoms with Crippen LogP contribution in [0.3, 0.4) is 0 Å². The quantitative estimate of drug-likeness (QED) is 0.221. The molecule has 1 nitrogen and oxygen atoms in total. The van der Waals surface area contributed by atoms with E-state index in [1.807, 2.05) is 13.8 Å². The van der Waals surface area contributed by atoms with Crippen LogP contribution in [0.5, 0.6) is 0 Å². The molecule has 0 atom stereocenters. The van der Waals surface area contributed by atoms with Crippen molar-refractivity contribution in [1.29, 1.82) is 0 Å². The first kappa shape index (κ1) is 10.8. The van der Waals surface area contributed by atoms with E-state index >= 15 is 0 Å². The minimum Gasteiger partial charge on any atom is -0.333 e. The first-order valence-electron chi connectivity index (χ1n) is 2.14. The molecule has 0 aromatic heterocycles. The molecule has 0 spiro atoms. The van der Waals surface area contributed by atoms with E-state index in [2.05, 4.69) is 6.92 Å². The van der Waals surface area contributed by atoms with Crippen LogP contribution in [0.2, 0.25) is 0 Å². The van der Waals surface area contributed by atoms with Gasteiger partial charge in [0.2, 0.25) is 0 Å². The van der Waals surface area contributed by atoms with Crippen LogP contribution in [-0.2, 0) is 4.79 Å². The van der Waals surface area contributed by atoms with Gasteiger partial charge in [0.1, 0.15) is 0 Å². The summed E-state index contributed by atoms with van der Waals surface area (Å²) < 4.78 is 0. The molecule has 0 aliphatic heterocycles. The third kappa shape index (κ3) is 9.30. The Morgan fingerprint density at radius 2 is 1.88 bits per heavy atom. The van der Waals surface area contributed by atoms with Crippen molar-refractivity contribution in [2.24, 2.45) is 0 Å². The molecule has 0 aromatic carbocycles. The first-order valence-corrected chi connectivity index (χ1v) is 2.14. The minimum absolute atomic E-state index is 0. The first-order chi connectivity index (χ1) is 3.13. The van der Waals surface area contributed by atoms with Crippen LogP contribution in [0.4, 0.5) is 0 Å². The third-order valence-corrected chi connectivity index (χ3v) is 0.450. The van der Waals surface area contributed by atoms with Gasteiger partial charge in [0.15, 0.2) is 0 Å². The van der Waals surface area contributed by atoms with E-state index in [-0.39, 0.29) is 24.6 Å². The van der Waals surface area contributed by atoms with Gasteiger partial charge in [-0.25, -0.2) is 0 Å². The Morgan fingerprint density at radius 3 is 1.88 bits per heavy atom. The molecular weight excluding hydrogens is 95.0 g/mol. The van der Waals surface area contributed by atoms with E-state index in [4.69, 9.17) is 0 Å². The maximum atomic E-state index is 10.1. The Hall–Kier alpha value is -0.123. The van der Waals surface area contributed by atoms with Crippen molar-refractivity contribution in [3.8, 4) is 0 Å². The molecule has 0 rings (SSSR count). The molecule has 0 aromatic rings. The van der Waals surface area contributed by atoms with Gasteiger partial charge >= 0.3 is 18.9 Å². The summed E-state index contributed by atoms with van der Waals surface area (Å²) in [7, 11) is 0. The smallest absolute Gasteiger partial charge is 0.333 e. The summed E-state index contributed by atoms with van der Waals surface area (Å²) in [6.07, 6.45) is 1.50. The second-order valence-electron chi connectivity index (χ2n) is 1.69. The van der Waals surface area contributed by atoms with Gasteiger partial charge in [0.05, 0.1) is 0 Å². The third-order valence-electron chi connectivity index (χ3n) is 0.450. The van der Waals surface area contributed by atoms with Crippen molar-refractivity contribution >= 4 is 5.78 Å². The number of hydrogen-bond acceptors (Lipinski definition) is 1. The van der Waals surface area contributed by atoms with Crippen LogP contribution in [0.15, 0.2) is 11.6 Å². The molecule has 0 N–H and O–H groups in total. The molecule has 40 valence electrons. The predicted molar refractivity (Wildman–Crippen MR) is 29.8 cm³/mol. The van der Waals surface area contributed by atoms with Gasteiger partial charge in [0, 0.05) is 5.78 Å². The molecule has 0 aliphatic carbocycles. The Morgan fingerprint density at radius 1 is 1.50 bits per heavy atom. The van der Waals surface area contributed by atoms with Crippen LogP contribution in [-0.4, -0.2) is 5.78 Å². The number of hydrogen-bond donors (Lipinski definition) is 0. The fourth-order valence-corrected chi connectivity index (χ4v) is 0.322. The van der Waals surface area contributed by atoms with Crippen LogP contribution in [0.1, 0.15) is 13.8 Å². The average Bonchev–Trinajstić information content (AvgIpc) is 1.27. The average molecular weight is 104 g/mol. The van der Waals surface area contributed by atoms with Crippen molar-refractivity contribution in [1.82, 2.24) is 0 Å². The van der Waals surface area contributed by atoms with Crippen molar-refractivity contribution in [3.05, 3.63) is 18.6 Å². The second-order valence-corrected chi connectivity index (χ2v) is 1.69. The van der Waals surface area contributed by atoms with Crippen LogP contribution in [0, 0.1) is 6.92 Å². The van der Waals surface area contributed by atoms with Crippen molar-refractivity contribution in [2.45, 2.75) is 13.8 Å². The van der Waals surface area contributed by atoms with Crippen LogP contribution in [0.25, 0.3) is 0 Å². The number of carbonyl (C=O) groups excluding carboxylic acids is 1. The topological polar surface area (TPSA) is 17.1 Å². The molecule has 0 saturated heterocycles. The number of ketones is 1. The summed E-state index contributed by atoms with van der Waals surface area (Å²) in [6.45, 7) is 6.89. The van der Waals surface area contributed by atoms with Crippen molar-refractivity contribution in [3.63, 3.8) is 0 Å². The molecule has 0 radical (unpaired) electrons. The SMILES string of the molecule is [CH2-]C(=O)C=C(C)C.[Li+]. The molecule has 0 unspecified atom stereocenters. The van der Waals surface area contributed by atoms with Crippen molar-refractivity contribution in [2.75, 3.05) is 0 Å². The molecule has 0 aliphatic rings. The zero-order valence-corrected chi connectivity index (χ0v) is 5.69. The van der Waals surface area contributed by atoms with Crippen LogP contribution < -0.4 is 18.9 Å². The minimum atomic E-state index is -0.125. The van der Waals surface area contributed by atoms with E-state index in [9.17, 15) is 4.79 Å². The summed E-state index contributed by atoms with van der Waals surface area (Å²) in [5.74, 6) is -0.125. The monoisotopic (exact) mass is 104 g/mol. The molecule has 0 bridgehead atoms. The number of allylic oxidation sites excluding steroid dienone is 2. The number of carbonyl (C=O) groups is 1. The Bertz CT molecular complexity index is 101. The molecule has 2 heteroatoms. The summed E-state index contributed by atoms with van der Waals surface area (Å²) in [6, 6.07) is 0. The Labute approximate surface area is 62.3 Å². The fraction of sp³-hybridized carbons (Fsp3) is 0.333. The van der Waals surface area contributed by atoms with Gasteiger partial charge in [-0.15, -0.1) is 0 Å². The van der Waals surface area contributed by atoms with Gasteiger partial charge in [-0.3, -0.25) is 0 Å². The normalized spacial score (nSPS) is 6.75. The molecule has 0 amide bonds. The van der Waals surface area contributed by atoms with Gasteiger partial charge in [0.25, 0.3) is 0 Å². The maximum Gasteiger partial charge on any atom is 1.00 e. The Kier molecular flexibility index (Phi) is 6.77. The molecular formula is C6H9LiO. The van der Waals surface area contributed by atoms with Crippen LogP contribution >= 0.6 is 0 Å². The summed E-state index contributed by atoms with van der Waals surface area (Å²) in [4.78, 5) is 10.1. The molecule has 0 fully saturated rings. The molecule has 8 heavy (non-hydrogen) atoms. The zero-order chi connectivity index (χ0) is 5.86. The molecule has 0 saturated carbocycles. The largest absolute Gasteiger partial charge is 1.00 e. The van der Waals surface area contributed by atoms with Gasteiger partial charge in [-0.05, 0) is 0 Å². The fourth-order valence-electron chi connectivity index (χ4n) is 0.322. The summed E-state index contributed by atoms with van der Waals surface area (Å²) >= 11 is 0. The summed E-state index contributed by atoms with van der Waals surface area (Å²) in [5, 5.41) is 0. The van der Waals surface area contributed by atoms with E-state index in [0.29, 0.717) is 0 Å². The van der Waals surface area contributed by atoms with E-state index in [0.717, 1.165) is 5.57 Å². The van der Waals surface area contributed by atoms with E-state index in [1.54, 1.807) is 0 Å². The van der Waals surface area contributed by atoms with E-state index < -0.39 is 0 Å². The standard InChI is InChI=1S/C6H9O.Li/c1-5(2)4-6(3)7;/h4H,3H2,1-2H3;/q-1;+1. The maximum absolute atomic E-state index is 10.1. The summed E-state index contributed by atoms with van der Waals surface area (Å²) in [5.41, 5.74) is 1.00. The zero-order valence-electron chi connectivity index (χ0n) is 5.69. The van der Waals surface area contributed by atoms with Crippen molar-refractivity contribution < 1.29 is 23.7 Å². The number of rotatable bonds is 1. The second kappa shape index (κ2) is 5.02. The molecule has 0 heterocycles. The Balaban J connectivity index is 0. The van der Waals surface area contributed by atoms with Gasteiger partial charge < -0.3 is 4.79 Å². The van der Waals surface area contributed by atoms with Gasteiger partial charge in [-0.2, -0.15) is 18.6 Å².